The summed E-state index contributed by atoms with van der Waals surface area (Å²) in [6.45, 7) is 21.1. The summed E-state index contributed by atoms with van der Waals surface area (Å²) < 4.78 is 0. The van der Waals surface area contributed by atoms with Gasteiger partial charge in [-0.25, -0.2) is 0 Å². The predicted octanol–water partition coefficient (Wildman–Crippen LogP) is 5.46. The van der Waals surface area contributed by atoms with Gasteiger partial charge in [0.05, 0.1) is 0 Å². The molecular formula is C38H62BN5O2. The van der Waals surface area contributed by atoms with E-state index in [9.17, 15) is 9.82 Å². The van der Waals surface area contributed by atoms with Crippen LogP contribution in [-0.2, 0) is 17.9 Å². The van der Waals surface area contributed by atoms with Crippen molar-refractivity contribution < 1.29 is 9.82 Å². The lowest BCUT2D eigenvalue weighted by atomic mass is 9.80. The first-order chi connectivity index (χ1) is 22.2. The zero-order valence-corrected chi connectivity index (χ0v) is 29.5. The molecule has 5 rings (SSSR count). The Hall–Kier alpha value is -2.23. The standard InChI is InChI=1S/C23H38BN3O2.C15H24N2/c1-19(2)15-22-18-25(17-21-7-5-4-6-8-21)13-14-27(22)23(28)16-20-9-11-26(12-10-20)24(3)29;1-13(2)10-15-12-17(9-8-16-15)11-14-6-4-3-5-7-14/h4-8,19-20,22,29H,9-18H2,1-3H3;3-7,13,15-16H,8-12H2,1-2H3/t22-;15-/m00/s1. The van der Waals surface area contributed by atoms with Gasteiger partial charge in [-0.05, 0) is 74.5 Å². The Morgan fingerprint density at radius 1 is 0.804 bits per heavy atom. The molecular weight excluding hydrogens is 569 g/mol. The van der Waals surface area contributed by atoms with Gasteiger partial charge in [-0.3, -0.25) is 14.6 Å². The fraction of sp³-hybridized carbons (Fsp3) is 0.658. The molecule has 7 nitrogen and oxygen atoms in total. The molecule has 0 unspecified atom stereocenters. The summed E-state index contributed by atoms with van der Waals surface area (Å²) in [7, 11) is -0.375. The fourth-order valence-corrected chi connectivity index (χ4v) is 7.48. The number of carbonyl (C=O) groups excluding carboxylic acids is 1. The Labute approximate surface area is 280 Å². The van der Waals surface area contributed by atoms with Gasteiger partial charge in [0, 0.05) is 70.9 Å². The topological polar surface area (TPSA) is 62.3 Å². The first-order valence-electron chi connectivity index (χ1n) is 18.1. The molecule has 1 amide bonds. The van der Waals surface area contributed by atoms with E-state index in [1.54, 1.807) is 0 Å². The van der Waals surface area contributed by atoms with E-state index in [1.165, 1.54) is 30.6 Å². The Morgan fingerprint density at radius 2 is 1.37 bits per heavy atom. The number of carbonyl (C=O) groups is 1. The lowest BCUT2D eigenvalue weighted by molar-refractivity contribution is -0.138. The highest BCUT2D eigenvalue weighted by atomic mass is 16.2. The summed E-state index contributed by atoms with van der Waals surface area (Å²) in [5.74, 6) is 2.16. The van der Waals surface area contributed by atoms with Crippen LogP contribution in [0.4, 0.5) is 0 Å². The average molecular weight is 632 g/mol. The summed E-state index contributed by atoms with van der Waals surface area (Å²) in [4.78, 5) is 22.5. The van der Waals surface area contributed by atoms with Gasteiger partial charge in [0.2, 0.25) is 5.91 Å². The molecule has 2 aromatic carbocycles. The van der Waals surface area contributed by atoms with Gasteiger partial charge in [-0.2, -0.15) is 0 Å². The summed E-state index contributed by atoms with van der Waals surface area (Å²) >= 11 is 0. The van der Waals surface area contributed by atoms with Gasteiger partial charge < -0.3 is 20.1 Å². The van der Waals surface area contributed by atoms with Gasteiger partial charge in [-0.15, -0.1) is 0 Å². The molecule has 3 heterocycles. The zero-order valence-electron chi connectivity index (χ0n) is 29.5. The molecule has 254 valence electrons. The summed E-state index contributed by atoms with van der Waals surface area (Å²) in [6, 6.07) is 22.4. The number of nitrogens with one attached hydrogen (secondary N) is 1. The molecule has 0 spiro atoms. The largest absolute Gasteiger partial charge is 0.437 e. The summed E-state index contributed by atoms with van der Waals surface area (Å²) in [5.41, 5.74) is 2.78. The number of nitrogens with zero attached hydrogens (tertiary/aromatic N) is 4. The predicted molar refractivity (Wildman–Crippen MR) is 192 cm³/mol. The van der Waals surface area contributed by atoms with Crippen molar-refractivity contribution in [1.82, 2.24) is 24.8 Å². The minimum Gasteiger partial charge on any atom is -0.437 e. The second kappa shape index (κ2) is 18.9. The number of amides is 1. The van der Waals surface area contributed by atoms with Crippen LogP contribution in [0.3, 0.4) is 0 Å². The first kappa shape index (κ1) is 36.6. The van der Waals surface area contributed by atoms with Crippen LogP contribution in [0.15, 0.2) is 60.7 Å². The molecule has 0 aromatic heterocycles. The molecule has 2 aromatic rings. The maximum absolute atomic E-state index is 13.2. The number of piperazine rings is 2. The Bertz CT molecular complexity index is 1130. The molecule has 0 aliphatic carbocycles. The Kier molecular flexibility index (Phi) is 15.1. The number of rotatable bonds is 11. The van der Waals surface area contributed by atoms with Crippen LogP contribution in [0, 0.1) is 17.8 Å². The van der Waals surface area contributed by atoms with Crippen LogP contribution in [0.1, 0.15) is 70.9 Å². The van der Waals surface area contributed by atoms with Crippen LogP contribution < -0.4 is 5.32 Å². The van der Waals surface area contributed by atoms with E-state index in [0.717, 1.165) is 77.5 Å². The van der Waals surface area contributed by atoms with Crippen molar-refractivity contribution in [2.45, 2.75) is 91.8 Å². The molecule has 8 heteroatoms. The SMILES string of the molecule is CB(O)N1CCC(CC(=O)N2CCN(Cc3ccccc3)C[C@@H]2CC(C)C)CC1.CC(C)C[C@H]1CN(Cc2ccccc2)CCN1. The third-order valence-corrected chi connectivity index (χ3v) is 9.87. The van der Waals surface area contributed by atoms with Crippen molar-refractivity contribution in [2.75, 3.05) is 52.4 Å². The van der Waals surface area contributed by atoms with Gasteiger partial charge in [0.15, 0.2) is 0 Å². The van der Waals surface area contributed by atoms with Crippen molar-refractivity contribution in [1.29, 1.82) is 0 Å². The van der Waals surface area contributed by atoms with E-state index in [-0.39, 0.29) is 7.05 Å². The molecule has 0 radical (unpaired) electrons. The third kappa shape index (κ3) is 12.4. The Balaban J connectivity index is 0.000000240. The molecule has 3 saturated heterocycles. The summed E-state index contributed by atoms with van der Waals surface area (Å²) in [5, 5.41) is 13.4. The monoisotopic (exact) mass is 631 g/mol. The van der Waals surface area contributed by atoms with E-state index < -0.39 is 0 Å². The highest BCUT2D eigenvalue weighted by Crippen LogP contribution is 2.25. The summed E-state index contributed by atoms with van der Waals surface area (Å²) in [6.07, 6.45) is 5.04. The van der Waals surface area contributed by atoms with E-state index >= 15 is 0 Å². The van der Waals surface area contributed by atoms with Crippen molar-refractivity contribution in [3.05, 3.63) is 71.8 Å². The Morgan fingerprint density at radius 3 is 1.91 bits per heavy atom. The zero-order chi connectivity index (χ0) is 32.9. The van der Waals surface area contributed by atoms with Crippen molar-refractivity contribution >= 4 is 13.0 Å². The average Bonchev–Trinajstić information content (AvgIpc) is 3.02. The van der Waals surface area contributed by atoms with E-state index in [0.29, 0.717) is 36.2 Å². The van der Waals surface area contributed by atoms with Crippen LogP contribution in [0.2, 0.25) is 6.82 Å². The van der Waals surface area contributed by atoms with Crippen LogP contribution in [-0.4, -0.2) is 102 Å². The van der Waals surface area contributed by atoms with Gasteiger partial charge in [0.1, 0.15) is 0 Å². The number of benzene rings is 2. The highest BCUT2D eigenvalue weighted by molar-refractivity contribution is 6.45. The molecule has 2 N–H and O–H groups in total. The van der Waals surface area contributed by atoms with Crippen molar-refractivity contribution in [3.63, 3.8) is 0 Å². The molecule has 0 bridgehead atoms. The van der Waals surface area contributed by atoms with E-state index in [4.69, 9.17) is 0 Å². The van der Waals surface area contributed by atoms with Gasteiger partial charge in [-0.1, -0.05) is 88.4 Å². The smallest absolute Gasteiger partial charge is 0.376 e. The number of hydrogen-bond acceptors (Lipinski definition) is 6. The maximum Gasteiger partial charge on any atom is 0.376 e. The fourth-order valence-electron chi connectivity index (χ4n) is 7.48. The molecule has 3 aliphatic rings. The quantitative estimate of drug-likeness (QED) is 0.321. The normalized spacial score (nSPS) is 22.1. The van der Waals surface area contributed by atoms with E-state index in [1.807, 2.05) is 6.82 Å². The van der Waals surface area contributed by atoms with Gasteiger partial charge in [0.25, 0.3) is 0 Å². The highest BCUT2D eigenvalue weighted by Gasteiger charge is 2.33. The number of piperidine rings is 1. The first-order valence-corrected chi connectivity index (χ1v) is 18.1. The molecule has 0 saturated carbocycles. The minimum atomic E-state index is -0.375. The molecule has 2 atom stereocenters. The minimum absolute atomic E-state index is 0.317. The molecule has 3 fully saturated rings. The molecule has 46 heavy (non-hydrogen) atoms. The number of hydrogen-bond donors (Lipinski definition) is 2. The van der Waals surface area contributed by atoms with E-state index in [2.05, 4.69) is 113 Å². The second-order valence-corrected chi connectivity index (χ2v) is 14.9. The van der Waals surface area contributed by atoms with Crippen LogP contribution >= 0.6 is 0 Å². The lowest BCUT2D eigenvalue weighted by Gasteiger charge is -2.43. The van der Waals surface area contributed by atoms with Gasteiger partial charge >= 0.3 is 7.05 Å². The second-order valence-electron chi connectivity index (χ2n) is 14.9. The van der Waals surface area contributed by atoms with Crippen molar-refractivity contribution in [3.8, 4) is 0 Å². The van der Waals surface area contributed by atoms with Crippen molar-refractivity contribution in [2.24, 2.45) is 17.8 Å². The molecule has 3 aliphatic heterocycles. The lowest BCUT2D eigenvalue weighted by Crippen LogP contribution is -2.55. The van der Waals surface area contributed by atoms with Crippen LogP contribution in [0.25, 0.3) is 0 Å². The third-order valence-electron chi connectivity index (χ3n) is 9.87. The van der Waals surface area contributed by atoms with Crippen LogP contribution in [0.5, 0.6) is 0 Å². The maximum atomic E-state index is 13.2.